The first-order valence-corrected chi connectivity index (χ1v) is 13.5. The molecule has 8 nitrogen and oxygen atoms in total. The lowest BCUT2D eigenvalue weighted by Crippen LogP contribution is -2.44. The Labute approximate surface area is 209 Å². The molecule has 0 spiro atoms. The van der Waals surface area contributed by atoms with E-state index in [1.807, 2.05) is 10.8 Å². The summed E-state index contributed by atoms with van der Waals surface area (Å²) in [4.78, 5) is 24.4. The molecule has 1 fully saturated rings. The van der Waals surface area contributed by atoms with Crippen LogP contribution in [0.2, 0.25) is 5.02 Å². The number of rotatable bonds is 8. The van der Waals surface area contributed by atoms with Gasteiger partial charge in [-0.1, -0.05) is 33.6 Å². The molecule has 0 unspecified atom stereocenters. The first kappa shape index (κ1) is 24.7. The molecule has 2 aromatic carbocycles. The van der Waals surface area contributed by atoms with Crippen LogP contribution < -0.4 is 14.9 Å². The van der Waals surface area contributed by atoms with E-state index in [1.54, 1.807) is 30.3 Å². The average Bonchev–Trinajstić information content (AvgIpc) is 2.71. The van der Waals surface area contributed by atoms with E-state index in [-0.39, 0.29) is 30.7 Å². The minimum absolute atomic E-state index is 0.137. The van der Waals surface area contributed by atoms with Gasteiger partial charge < -0.3 is 13.9 Å². The minimum Gasteiger partial charge on any atom is -0.490 e. The van der Waals surface area contributed by atoms with Gasteiger partial charge >= 0.3 is 0 Å². The number of ether oxygens (including phenoxy) is 2. The van der Waals surface area contributed by atoms with Gasteiger partial charge in [0.05, 0.1) is 34.9 Å². The van der Waals surface area contributed by atoms with Crippen LogP contribution in [-0.4, -0.2) is 39.9 Å². The average molecular weight is 571 g/mol. The van der Waals surface area contributed by atoms with Crippen molar-refractivity contribution in [2.45, 2.75) is 18.9 Å². The van der Waals surface area contributed by atoms with E-state index >= 15 is 0 Å². The zero-order valence-electron chi connectivity index (χ0n) is 18.0. The second-order valence-electron chi connectivity index (χ2n) is 7.98. The number of amides is 1. The van der Waals surface area contributed by atoms with E-state index in [4.69, 9.17) is 25.5 Å². The molecule has 1 aromatic heterocycles. The number of carbonyl (C=O) groups is 1. The van der Waals surface area contributed by atoms with Crippen LogP contribution in [0.15, 0.2) is 56.1 Å². The highest BCUT2D eigenvalue weighted by atomic mass is 79.9. The topological polar surface area (TPSA) is 112 Å². The maximum Gasteiger partial charge on any atom is 0.236 e. The molecular weight excluding hydrogens is 550 g/mol. The summed E-state index contributed by atoms with van der Waals surface area (Å²) in [5.41, 5.74) is 0.682. The van der Waals surface area contributed by atoms with Gasteiger partial charge in [0.25, 0.3) is 0 Å². The van der Waals surface area contributed by atoms with Crippen LogP contribution in [0.3, 0.4) is 0 Å². The Morgan fingerprint density at radius 2 is 1.97 bits per heavy atom. The van der Waals surface area contributed by atoms with E-state index in [1.165, 1.54) is 6.07 Å². The number of nitrogens with one attached hydrogen (secondary N) is 1. The summed E-state index contributed by atoms with van der Waals surface area (Å²) in [5.74, 6) is -0.0615. The number of carbonyl (C=O) groups excluding carboxylic acids is 1. The third-order valence-corrected chi connectivity index (χ3v) is 6.72. The van der Waals surface area contributed by atoms with Crippen LogP contribution in [0.1, 0.15) is 12.8 Å². The number of benzene rings is 2. The van der Waals surface area contributed by atoms with E-state index in [0.717, 1.165) is 10.7 Å². The van der Waals surface area contributed by atoms with Crippen molar-refractivity contribution in [1.82, 2.24) is 4.72 Å². The molecule has 0 aliphatic heterocycles. The van der Waals surface area contributed by atoms with E-state index < -0.39 is 15.9 Å². The second-order valence-corrected chi connectivity index (χ2v) is 11.1. The summed E-state index contributed by atoms with van der Waals surface area (Å²) in [7, 11) is -3.56. The summed E-state index contributed by atoms with van der Waals surface area (Å²) in [6.07, 6.45) is 1.71. The zero-order valence-corrected chi connectivity index (χ0v) is 21.2. The van der Waals surface area contributed by atoms with Gasteiger partial charge in [-0.3, -0.25) is 14.3 Å². The maximum atomic E-state index is 12.6. The molecule has 1 heterocycles. The van der Waals surface area contributed by atoms with Crippen LogP contribution >= 0.6 is 27.5 Å². The fourth-order valence-corrected chi connectivity index (χ4v) is 4.73. The van der Waals surface area contributed by atoms with Crippen molar-refractivity contribution in [1.29, 1.82) is 0 Å². The second kappa shape index (κ2) is 10.1. The smallest absolute Gasteiger partial charge is 0.236 e. The molecule has 0 bridgehead atoms. The molecule has 0 radical (unpaired) electrons. The molecule has 11 heteroatoms. The third-order valence-electron chi connectivity index (χ3n) is 5.36. The van der Waals surface area contributed by atoms with Gasteiger partial charge in [0.1, 0.15) is 18.1 Å². The standard InChI is InChI=1S/C23H21BrClNO7S/c1-34(29,30)26-23(28)13-9-15(10-13)31-7-8-32-20-11-14(24)5-6-17(20)21-12-19(27)16-3-2-4-18(25)22(16)33-21/h2-6,11-13,15H,7-10H2,1H3,(H,26,28)/t13-,15+. The molecule has 3 aromatic rings. The zero-order chi connectivity index (χ0) is 24.5. The normalized spacial score (nSPS) is 17.9. The molecule has 180 valence electrons. The van der Waals surface area contributed by atoms with Crippen LogP contribution in [-0.2, 0) is 19.6 Å². The number of hydrogen-bond acceptors (Lipinski definition) is 7. The third kappa shape index (κ3) is 5.80. The van der Waals surface area contributed by atoms with Gasteiger partial charge in [0.15, 0.2) is 11.0 Å². The Morgan fingerprint density at radius 3 is 2.71 bits per heavy atom. The Balaban J connectivity index is 1.39. The number of hydrogen-bond donors (Lipinski definition) is 1. The van der Waals surface area contributed by atoms with Crippen LogP contribution in [0, 0.1) is 5.92 Å². The molecule has 1 saturated carbocycles. The van der Waals surface area contributed by atoms with Crippen molar-refractivity contribution in [3.05, 3.63) is 62.2 Å². The van der Waals surface area contributed by atoms with E-state index in [2.05, 4.69) is 15.9 Å². The number of sulfonamides is 1. The predicted molar refractivity (Wildman–Crippen MR) is 132 cm³/mol. The van der Waals surface area contributed by atoms with Crippen LogP contribution in [0.4, 0.5) is 0 Å². The Hall–Kier alpha value is -2.40. The van der Waals surface area contributed by atoms with Crippen molar-refractivity contribution < 1.29 is 27.1 Å². The molecule has 0 saturated heterocycles. The predicted octanol–water partition coefficient (Wildman–Crippen LogP) is 4.13. The number of halogens is 2. The van der Waals surface area contributed by atoms with Crippen LogP contribution in [0.25, 0.3) is 22.3 Å². The molecule has 1 N–H and O–H groups in total. The maximum absolute atomic E-state index is 12.6. The molecule has 34 heavy (non-hydrogen) atoms. The fraction of sp³-hybridized carbons (Fsp3) is 0.304. The SMILES string of the molecule is CS(=O)(=O)NC(=O)[C@H]1C[C@@H](OCCOc2cc(Br)ccc2-c2cc(=O)c3cccc(Cl)c3o2)C1. The lowest BCUT2D eigenvalue weighted by Gasteiger charge is -2.33. The summed E-state index contributed by atoms with van der Waals surface area (Å²) in [5, 5.41) is 0.738. The van der Waals surface area contributed by atoms with Crippen LogP contribution in [0.5, 0.6) is 5.75 Å². The first-order valence-electron chi connectivity index (χ1n) is 10.4. The highest BCUT2D eigenvalue weighted by Crippen LogP contribution is 2.35. The molecular formula is C23H21BrClNO7S. The van der Waals surface area contributed by atoms with Gasteiger partial charge in [-0.05, 0) is 43.2 Å². The Bertz CT molecular complexity index is 1400. The summed E-state index contributed by atoms with van der Waals surface area (Å²) in [6, 6.07) is 11.8. The summed E-state index contributed by atoms with van der Waals surface area (Å²) in [6.45, 7) is 0.489. The van der Waals surface area contributed by atoms with Gasteiger partial charge in [-0.2, -0.15) is 0 Å². The molecule has 0 atom stereocenters. The Morgan fingerprint density at radius 1 is 1.21 bits per heavy atom. The highest BCUT2D eigenvalue weighted by molar-refractivity contribution is 9.10. The molecule has 1 aliphatic rings. The Kier molecular flexibility index (Phi) is 7.32. The lowest BCUT2D eigenvalue weighted by atomic mass is 9.82. The number of para-hydroxylation sites is 1. The summed E-state index contributed by atoms with van der Waals surface area (Å²) < 4.78 is 42.6. The van der Waals surface area contributed by atoms with Crippen molar-refractivity contribution >= 4 is 54.4 Å². The van der Waals surface area contributed by atoms with Crippen molar-refractivity contribution in [2.75, 3.05) is 19.5 Å². The first-order chi connectivity index (χ1) is 16.1. The highest BCUT2D eigenvalue weighted by Gasteiger charge is 2.36. The minimum atomic E-state index is -3.56. The monoisotopic (exact) mass is 569 g/mol. The number of fused-ring (bicyclic) bond motifs is 1. The quantitative estimate of drug-likeness (QED) is 0.405. The van der Waals surface area contributed by atoms with Crippen molar-refractivity contribution in [2.24, 2.45) is 5.92 Å². The van der Waals surface area contributed by atoms with Gasteiger partial charge in [0.2, 0.25) is 15.9 Å². The fourth-order valence-electron chi connectivity index (χ4n) is 3.64. The largest absolute Gasteiger partial charge is 0.490 e. The lowest BCUT2D eigenvalue weighted by molar-refractivity contribution is -0.132. The van der Waals surface area contributed by atoms with E-state index in [9.17, 15) is 18.0 Å². The molecule has 1 amide bonds. The molecule has 1 aliphatic carbocycles. The van der Waals surface area contributed by atoms with Gasteiger partial charge in [0, 0.05) is 16.5 Å². The van der Waals surface area contributed by atoms with Crippen molar-refractivity contribution in [3.63, 3.8) is 0 Å². The van der Waals surface area contributed by atoms with E-state index in [0.29, 0.717) is 45.9 Å². The van der Waals surface area contributed by atoms with Gasteiger partial charge in [-0.15, -0.1) is 0 Å². The van der Waals surface area contributed by atoms with Gasteiger partial charge in [-0.25, -0.2) is 8.42 Å². The van der Waals surface area contributed by atoms with Crippen molar-refractivity contribution in [3.8, 4) is 17.1 Å². The summed E-state index contributed by atoms with van der Waals surface area (Å²) >= 11 is 9.65. The molecule has 4 rings (SSSR count).